The van der Waals surface area contributed by atoms with E-state index >= 15 is 0 Å². The van der Waals surface area contributed by atoms with Crippen LogP contribution < -0.4 is 20.4 Å². The Morgan fingerprint density at radius 1 is 1.00 bits per heavy atom. The molecule has 1 aromatic heterocycles. The lowest BCUT2D eigenvalue weighted by molar-refractivity contribution is -0.136. The van der Waals surface area contributed by atoms with Gasteiger partial charge in [0, 0.05) is 50.2 Å². The Balaban J connectivity index is 0.968. The predicted molar refractivity (Wildman–Crippen MR) is 178 cm³/mol. The molecular formula is C36H34N8O5. The molecule has 5 amide bonds. The van der Waals surface area contributed by atoms with E-state index in [0.29, 0.717) is 29.9 Å². The Hall–Kier alpha value is -5.95. The second-order valence-corrected chi connectivity index (χ2v) is 13.3. The van der Waals surface area contributed by atoms with Gasteiger partial charge in [-0.05, 0) is 69.5 Å². The number of benzene rings is 2. The number of aromatic nitrogens is 2. The van der Waals surface area contributed by atoms with Gasteiger partial charge in [-0.15, -0.1) is 0 Å². The van der Waals surface area contributed by atoms with E-state index < -0.39 is 35.2 Å². The summed E-state index contributed by atoms with van der Waals surface area (Å²) in [5.74, 6) is 4.11. The van der Waals surface area contributed by atoms with Crippen molar-refractivity contribution >= 4 is 46.6 Å². The van der Waals surface area contributed by atoms with Crippen LogP contribution in [0.15, 0.2) is 48.8 Å². The number of rotatable bonds is 6. The zero-order chi connectivity index (χ0) is 34.4. The zero-order valence-corrected chi connectivity index (χ0v) is 27.2. The summed E-state index contributed by atoms with van der Waals surface area (Å²) >= 11 is 0. The number of fused-ring (bicyclic) bond motifs is 1. The summed E-state index contributed by atoms with van der Waals surface area (Å²) in [5, 5.41) is 19.2. The summed E-state index contributed by atoms with van der Waals surface area (Å²) in [5.41, 5.74) is 2.95. The second kappa shape index (κ2) is 12.3. The van der Waals surface area contributed by atoms with Gasteiger partial charge in [-0.3, -0.25) is 38.9 Å². The fourth-order valence-electron chi connectivity index (χ4n) is 6.63. The number of carbonyl (C=O) groups is 5. The molecule has 1 unspecified atom stereocenters. The third-order valence-corrected chi connectivity index (χ3v) is 9.62. The maximum absolute atomic E-state index is 13.4. The molecule has 49 heavy (non-hydrogen) atoms. The van der Waals surface area contributed by atoms with Crippen LogP contribution in [0.4, 0.5) is 17.1 Å². The molecule has 0 spiro atoms. The molecule has 1 atom stereocenters. The minimum absolute atomic E-state index is 0.0615. The van der Waals surface area contributed by atoms with E-state index in [0.717, 1.165) is 42.2 Å². The van der Waals surface area contributed by atoms with E-state index in [1.807, 2.05) is 6.07 Å². The van der Waals surface area contributed by atoms with Gasteiger partial charge in [0.15, 0.2) is 0 Å². The smallest absolute Gasteiger partial charge is 0.262 e. The first-order valence-corrected chi connectivity index (χ1v) is 16.3. The van der Waals surface area contributed by atoms with Crippen LogP contribution >= 0.6 is 0 Å². The number of nitriles is 1. The summed E-state index contributed by atoms with van der Waals surface area (Å²) < 4.78 is 1.59. The van der Waals surface area contributed by atoms with Crippen LogP contribution in [0.2, 0.25) is 0 Å². The molecule has 3 aromatic rings. The van der Waals surface area contributed by atoms with E-state index in [9.17, 15) is 29.2 Å². The molecule has 13 nitrogen and oxygen atoms in total. The number of amides is 5. The number of hydrogen-bond donors (Lipinski definition) is 2. The normalized spacial score (nSPS) is 19.2. The van der Waals surface area contributed by atoms with Crippen molar-refractivity contribution in [2.75, 3.05) is 41.3 Å². The SMILES string of the molecule is CC(C)(C(=O)Nc1ccc(C#N)c(N2CCCC2)c1)n1cc(C#CC2CN(c3ccc4c(c3)C(=O)N(C3CCC(=O)NC3=O)C4=O)C2)cn1. The standard InChI is InChI=1S/C36H34N8O5/c1-36(2,35(49)39-25-8-7-24(17-37)30(15-25)41-13-3-4-14-41)43-21-22(18-38-43)5-6-23-19-42(20-23)26-9-10-27-28(16-26)34(48)44(33(27)47)29-11-12-31(45)40-32(29)46/h7-10,15-16,18,21,23,29H,3-4,11-14,19-20H2,1-2H3,(H,39,49)(H,40,45,46). The van der Waals surface area contributed by atoms with Crippen LogP contribution in [0.1, 0.15) is 71.4 Å². The minimum Gasteiger partial charge on any atom is -0.370 e. The molecular weight excluding hydrogens is 624 g/mol. The van der Waals surface area contributed by atoms with E-state index in [1.54, 1.807) is 61.3 Å². The van der Waals surface area contributed by atoms with Gasteiger partial charge in [-0.25, -0.2) is 0 Å². The Morgan fingerprint density at radius 3 is 2.49 bits per heavy atom. The zero-order valence-electron chi connectivity index (χ0n) is 27.2. The van der Waals surface area contributed by atoms with Gasteiger partial charge in [0.25, 0.3) is 17.7 Å². The van der Waals surface area contributed by atoms with Gasteiger partial charge in [0.2, 0.25) is 11.8 Å². The summed E-state index contributed by atoms with van der Waals surface area (Å²) in [6.07, 6.45) is 5.70. The monoisotopic (exact) mass is 658 g/mol. The summed E-state index contributed by atoms with van der Waals surface area (Å²) in [7, 11) is 0. The number of nitrogens with one attached hydrogen (secondary N) is 2. The molecule has 0 aliphatic carbocycles. The molecule has 13 heteroatoms. The first-order valence-electron chi connectivity index (χ1n) is 16.3. The van der Waals surface area contributed by atoms with E-state index in [4.69, 9.17) is 0 Å². The predicted octanol–water partition coefficient (Wildman–Crippen LogP) is 2.62. The van der Waals surface area contributed by atoms with Crippen molar-refractivity contribution in [3.05, 3.63) is 71.0 Å². The van der Waals surface area contributed by atoms with Gasteiger partial charge in [0.05, 0.1) is 40.1 Å². The molecule has 2 aromatic carbocycles. The van der Waals surface area contributed by atoms with Crippen LogP contribution in [-0.4, -0.2) is 76.4 Å². The molecule has 7 rings (SSSR count). The van der Waals surface area contributed by atoms with Crippen molar-refractivity contribution < 1.29 is 24.0 Å². The molecule has 3 fully saturated rings. The molecule has 2 N–H and O–H groups in total. The largest absolute Gasteiger partial charge is 0.370 e. The average Bonchev–Trinajstić information content (AvgIpc) is 3.82. The van der Waals surface area contributed by atoms with Crippen molar-refractivity contribution in [2.24, 2.45) is 5.92 Å². The van der Waals surface area contributed by atoms with E-state index in [2.05, 4.69) is 43.4 Å². The molecule has 248 valence electrons. The highest BCUT2D eigenvalue weighted by Gasteiger charge is 2.45. The van der Waals surface area contributed by atoms with Crippen LogP contribution in [0, 0.1) is 29.1 Å². The van der Waals surface area contributed by atoms with Crippen molar-refractivity contribution in [3.8, 4) is 17.9 Å². The molecule has 5 heterocycles. The molecule has 3 saturated heterocycles. The topological polar surface area (TPSA) is 161 Å². The minimum atomic E-state index is -1.02. The number of piperidine rings is 1. The van der Waals surface area contributed by atoms with E-state index in [-0.39, 0.29) is 35.8 Å². The quantitative estimate of drug-likeness (QED) is 0.300. The lowest BCUT2D eigenvalue weighted by atomic mass is 9.98. The molecule has 4 aliphatic heterocycles. The first-order chi connectivity index (χ1) is 23.5. The Morgan fingerprint density at radius 2 is 1.76 bits per heavy atom. The Kier molecular flexibility index (Phi) is 7.91. The molecule has 0 radical (unpaired) electrons. The van der Waals surface area contributed by atoms with Crippen LogP contribution in [-0.2, 0) is 19.9 Å². The molecule has 4 aliphatic rings. The average molecular weight is 659 g/mol. The van der Waals surface area contributed by atoms with Crippen molar-refractivity contribution in [3.63, 3.8) is 0 Å². The van der Waals surface area contributed by atoms with Gasteiger partial charge < -0.3 is 15.1 Å². The van der Waals surface area contributed by atoms with Crippen LogP contribution in [0.25, 0.3) is 0 Å². The summed E-state index contributed by atoms with van der Waals surface area (Å²) in [6.45, 7) is 6.57. The van der Waals surface area contributed by atoms with Gasteiger partial charge in [-0.2, -0.15) is 10.4 Å². The number of nitrogens with zero attached hydrogens (tertiary/aromatic N) is 6. The van der Waals surface area contributed by atoms with Crippen LogP contribution in [0.5, 0.6) is 0 Å². The van der Waals surface area contributed by atoms with Crippen molar-refractivity contribution in [1.29, 1.82) is 5.26 Å². The summed E-state index contributed by atoms with van der Waals surface area (Å²) in [6, 6.07) is 11.6. The lowest BCUT2D eigenvalue weighted by Crippen LogP contribution is -2.54. The highest BCUT2D eigenvalue weighted by molar-refractivity contribution is 6.23. The van der Waals surface area contributed by atoms with Gasteiger partial charge in [-0.1, -0.05) is 11.8 Å². The molecule has 0 bridgehead atoms. The maximum atomic E-state index is 13.4. The number of anilines is 3. The number of hydrogen-bond acceptors (Lipinski definition) is 9. The highest BCUT2D eigenvalue weighted by atomic mass is 16.2. The number of imide groups is 2. The lowest BCUT2D eigenvalue weighted by Gasteiger charge is -2.38. The Labute approximate surface area is 282 Å². The second-order valence-electron chi connectivity index (χ2n) is 13.3. The Bertz CT molecular complexity index is 2020. The fourth-order valence-corrected chi connectivity index (χ4v) is 6.63. The fraction of sp³-hybridized carbons (Fsp3) is 0.361. The highest BCUT2D eigenvalue weighted by Crippen LogP contribution is 2.33. The van der Waals surface area contributed by atoms with Crippen molar-refractivity contribution in [1.82, 2.24) is 20.0 Å². The van der Waals surface area contributed by atoms with Gasteiger partial charge in [0.1, 0.15) is 17.6 Å². The van der Waals surface area contributed by atoms with Crippen molar-refractivity contribution in [2.45, 2.75) is 51.1 Å². The molecule has 0 saturated carbocycles. The first kappa shape index (κ1) is 31.6. The van der Waals surface area contributed by atoms with Crippen LogP contribution in [0.3, 0.4) is 0 Å². The van der Waals surface area contributed by atoms with E-state index in [1.165, 1.54) is 0 Å². The third-order valence-electron chi connectivity index (χ3n) is 9.62. The number of carbonyl (C=O) groups excluding carboxylic acids is 5. The summed E-state index contributed by atoms with van der Waals surface area (Å²) in [4.78, 5) is 68.7. The third kappa shape index (κ3) is 5.78. The maximum Gasteiger partial charge on any atom is 0.262 e. The van der Waals surface area contributed by atoms with Gasteiger partial charge >= 0.3 is 0 Å².